The van der Waals surface area contributed by atoms with Crippen molar-refractivity contribution in [2.24, 2.45) is 0 Å². The predicted octanol–water partition coefficient (Wildman–Crippen LogP) is 3.57. The number of ether oxygens (including phenoxy) is 1. The van der Waals surface area contributed by atoms with Crippen LogP contribution in [-0.2, 0) is 37.4 Å². The van der Waals surface area contributed by atoms with Crippen molar-refractivity contribution in [3.05, 3.63) is 102 Å². The van der Waals surface area contributed by atoms with Gasteiger partial charge in [-0.05, 0) is 30.2 Å². The number of aryl methyl sites for hydroxylation is 1. The summed E-state index contributed by atoms with van der Waals surface area (Å²) in [6.45, 7) is 2.17. The van der Waals surface area contributed by atoms with Crippen molar-refractivity contribution in [3.8, 4) is 0 Å². The third kappa shape index (κ3) is 7.00. The molecule has 0 bridgehead atoms. The summed E-state index contributed by atoms with van der Waals surface area (Å²) in [6, 6.07) is 23.3. The molecule has 0 unspecified atom stereocenters. The molecule has 1 saturated heterocycles. The first-order chi connectivity index (χ1) is 17.8. The van der Waals surface area contributed by atoms with Crippen molar-refractivity contribution in [1.29, 1.82) is 0 Å². The Labute approximate surface area is 222 Å². The van der Waals surface area contributed by atoms with E-state index in [2.05, 4.69) is 5.32 Å². The Morgan fingerprint density at radius 1 is 0.973 bits per heavy atom. The number of thioether (sulfide) groups is 1. The van der Waals surface area contributed by atoms with E-state index in [1.54, 1.807) is 24.3 Å². The molecule has 4 rings (SSSR count). The minimum atomic E-state index is -3.89. The first-order valence-corrected chi connectivity index (χ1v) is 14.6. The van der Waals surface area contributed by atoms with Crippen molar-refractivity contribution in [3.63, 3.8) is 0 Å². The Balaban J connectivity index is 1.52. The van der Waals surface area contributed by atoms with Crippen molar-refractivity contribution in [2.45, 2.75) is 36.9 Å². The van der Waals surface area contributed by atoms with Crippen LogP contribution in [0.1, 0.15) is 16.7 Å². The molecule has 1 aliphatic heterocycles. The predicted molar refractivity (Wildman–Crippen MR) is 144 cm³/mol. The van der Waals surface area contributed by atoms with Crippen LogP contribution in [0.3, 0.4) is 0 Å². The molecule has 37 heavy (non-hydrogen) atoms. The molecule has 3 aromatic rings. The lowest BCUT2D eigenvalue weighted by Crippen LogP contribution is -2.57. The van der Waals surface area contributed by atoms with Crippen LogP contribution in [0.15, 0.2) is 89.8 Å². The number of hydrogen-bond acceptors (Lipinski definition) is 6. The van der Waals surface area contributed by atoms with Gasteiger partial charge in [0.15, 0.2) is 0 Å². The second kappa shape index (κ2) is 12.4. The summed E-state index contributed by atoms with van der Waals surface area (Å²) in [5, 5.41) is 2.80. The zero-order valence-electron chi connectivity index (χ0n) is 20.6. The molecule has 7 nitrogen and oxygen atoms in total. The Bertz CT molecular complexity index is 1300. The number of benzene rings is 3. The van der Waals surface area contributed by atoms with Crippen LogP contribution in [0, 0.1) is 6.92 Å². The Hall–Kier alpha value is -3.14. The fourth-order valence-corrected chi connectivity index (χ4v) is 6.91. The van der Waals surface area contributed by atoms with Gasteiger partial charge < -0.3 is 10.1 Å². The minimum absolute atomic E-state index is 0.0774. The number of amides is 1. The van der Waals surface area contributed by atoms with Gasteiger partial charge in [-0.2, -0.15) is 16.1 Å². The maximum absolute atomic E-state index is 13.5. The third-order valence-electron chi connectivity index (χ3n) is 6.12. The van der Waals surface area contributed by atoms with Gasteiger partial charge in [-0.15, -0.1) is 0 Å². The van der Waals surface area contributed by atoms with Gasteiger partial charge in [0, 0.05) is 24.5 Å². The van der Waals surface area contributed by atoms with Gasteiger partial charge in [0.1, 0.15) is 18.7 Å². The molecule has 0 aromatic heterocycles. The second-order valence-corrected chi connectivity index (χ2v) is 11.9. The van der Waals surface area contributed by atoms with Crippen molar-refractivity contribution >= 4 is 33.7 Å². The Morgan fingerprint density at radius 2 is 1.59 bits per heavy atom. The van der Waals surface area contributed by atoms with Crippen LogP contribution in [0.2, 0.25) is 0 Å². The highest BCUT2D eigenvalue weighted by atomic mass is 32.2. The van der Waals surface area contributed by atoms with Crippen molar-refractivity contribution in [1.82, 2.24) is 9.62 Å². The molecule has 0 spiro atoms. The van der Waals surface area contributed by atoms with E-state index in [4.69, 9.17) is 4.74 Å². The summed E-state index contributed by atoms with van der Waals surface area (Å²) < 4.78 is 33.6. The number of hydrogen-bond donors (Lipinski definition) is 1. The van der Waals surface area contributed by atoms with E-state index in [0.717, 1.165) is 16.7 Å². The van der Waals surface area contributed by atoms with Gasteiger partial charge in [-0.3, -0.25) is 4.79 Å². The lowest BCUT2D eigenvalue weighted by Gasteiger charge is -2.34. The zero-order chi connectivity index (χ0) is 26.3. The second-order valence-electron chi connectivity index (χ2n) is 8.86. The van der Waals surface area contributed by atoms with Crippen LogP contribution in [-0.4, -0.2) is 54.7 Å². The lowest BCUT2D eigenvalue weighted by atomic mass is 10.1. The van der Waals surface area contributed by atoms with Gasteiger partial charge in [-0.25, -0.2) is 13.2 Å². The van der Waals surface area contributed by atoms with E-state index in [9.17, 15) is 18.0 Å². The highest BCUT2D eigenvalue weighted by Gasteiger charge is 2.39. The van der Waals surface area contributed by atoms with Crippen molar-refractivity contribution in [2.75, 3.05) is 18.1 Å². The molecular weight excluding hydrogens is 508 g/mol. The fourth-order valence-electron chi connectivity index (χ4n) is 4.07. The largest absolute Gasteiger partial charge is 0.459 e. The number of carbonyl (C=O) groups is 2. The highest BCUT2D eigenvalue weighted by Crippen LogP contribution is 2.25. The van der Waals surface area contributed by atoms with Gasteiger partial charge in [-0.1, -0.05) is 78.4 Å². The van der Waals surface area contributed by atoms with E-state index in [0.29, 0.717) is 11.5 Å². The number of nitrogens with one attached hydrogen (secondary N) is 1. The standard InChI is InChI=1S/C28H30N2O5S2/c1-21-12-14-24(15-13-21)37(33,34)30-16-17-36-20-26(30)27(31)29-25(18-22-8-4-2-5-9-22)28(32)35-19-23-10-6-3-7-11-23/h2-15,25-26H,16-20H2,1H3,(H,29,31)/t25-,26-/m0/s1. The van der Waals surface area contributed by atoms with Crippen LogP contribution in [0.25, 0.3) is 0 Å². The summed E-state index contributed by atoms with van der Waals surface area (Å²) >= 11 is 1.51. The van der Waals surface area contributed by atoms with E-state index >= 15 is 0 Å². The monoisotopic (exact) mass is 538 g/mol. The van der Waals surface area contributed by atoms with Crippen LogP contribution in [0.4, 0.5) is 0 Å². The van der Waals surface area contributed by atoms with E-state index in [1.165, 1.54) is 16.1 Å². The first-order valence-electron chi connectivity index (χ1n) is 12.1. The number of nitrogens with zero attached hydrogens (tertiary/aromatic N) is 1. The number of rotatable bonds is 9. The molecule has 0 saturated carbocycles. The molecule has 9 heteroatoms. The summed E-state index contributed by atoms with van der Waals surface area (Å²) in [5.41, 5.74) is 2.63. The van der Waals surface area contributed by atoms with Crippen molar-refractivity contribution < 1.29 is 22.7 Å². The van der Waals surface area contributed by atoms with E-state index in [-0.39, 0.29) is 24.5 Å². The van der Waals surface area contributed by atoms with Crippen LogP contribution < -0.4 is 5.32 Å². The SMILES string of the molecule is Cc1ccc(S(=O)(=O)N2CCSC[C@H]2C(=O)N[C@@H](Cc2ccccc2)C(=O)OCc2ccccc2)cc1. The summed E-state index contributed by atoms with van der Waals surface area (Å²) in [7, 11) is -3.89. The maximum atomic E-state index is 13.5. The summed E-state index contributed by atoms with van der Waals surface area (Å²) in [5.74, 6) is -0.201. The Morgan fingerprint density at radius 3 is 2.24 bits per heavy atom. The third-order valence-corrected chi connectivity index (χ3v) is 9.06. The minimum Gasteiger partial charge on any atom is -0.459 e. The normalized spacial score (nSPS) is 17.1. The van der Waals surface area contributed by atoms with Gasteiger partial charge in [0.25, 0.3) is 0 Å². The molecular formula is C28H30N2O5S2. The molecule has 0 radical (unpaired) electrons. The molecule has 1 aliphatic rings. The van der Waals surface area contributed by atoms with Gasteiger partial charge in [0.2, 0.25) is 15.9 Å². The first kappa shape index (κ1) is 26.9. The summed E-state index contributed by atoms with van der Waals surface area (Å²) in [4.78, 5) is 26.7. The molecule has 1 heterocycles. The van der Waals surface area contributed by atoms with Gasteiger partial charge in [0.05, 0.1) is 4.90 Å². The molecule has 1 amide bonds. The zero-order valence-corrected chi connectivity index (χ0v) is 22.2. The molecule has 3 aromatic carbocycles. The summed E-state index contributed by atoms with van der Waals surface area (Å²) in [6.07, 6.45) is 0.227. The molecule has 1 fully saturated rings. The average Bonchev–Trinajstić information content (AvgIpc) is 2.92. The van der Waals surface area contributed by atoms with Gasteiger partial charge >= 0.3 is 5.97 Å². The number of sulfonamides is 1. The molecule has 194 valence electrons. The highest BCUT2D eigenvalue weighted by molar-refractivity contribution is 7.99. The number of esters is 1. The lowest BCUT2D eigenvalue weighted by molar-refractivity contribution is -0.149. The molecule has 2 atom stereocenters. The smallest absolute Gasteiger partial charge is 0.329 e. The molecule has 1 N–H and O–H groups in total. The van der Waals surface area contributed by atoms with Crippen LogP contribution >= 0.6 is 11.8 Å². The quantitative estimate of drug-likeness (QED) is 0.419. The topological polar surface area (TPSA) is 92.8 Å². The van der Waals surface area contributed by atoms with Crippen LogP contribution in [0.5, 0.6) is 0 Å². The average molecular weight is 539 g/mol. The van der Waals surface area contributed by atoms with E-state index in [1.807, 2.05) is 67.6 Å². The maximum Gasteiger partial charge on any atom is 0.329 e. The molecule has 0 aliphatic carbocycles. The van der Waals surface area contributed by atoms with E-state index < -0.39 is 34.0 Å². The Kier molecular flexibility index (Phi) is 9.02. The number of carbonyl (C=O) groups excluding carboxylic acids is 2. The fraction of sp³-hybridized carbons (Fsp3) is 0.286.